The van der Waals surface area contributed by atoms with Crippen LogP contribution in [-0.2, 0) is 54.6 Å². The van der Waals surface area contributed by atoms with Crippen LogP contribution in [-0.4, -0.2) is 31.4 Å². The van der Waals surface area contributed by atoms with Crippen molar-refractivity contribution >= 4 is 16.5 Å². The molecule has 290 valence electrons. The molecule has 0 N–H and O–H groups in total. The molecule has 0 atom stereocenters. The van der Waals surface area contributed by atoms with E-state index >= 15 is 0 Å². The van der Waals surface area contributed by atoms with E-state index in [1.54, 1.807) is 37.2 Å². The van der Waals surface area contributed by atoms with Crippen LogP contribution in [0.3, 0.4) is 0 Å². The molecule has 6 aromatic rings. The average molecular weight is 986 g/mol. The predicted molar refractivity (Wildman–Crippen MR) is 229 cm³/mol. The number of nitrogens with zero attached hydrogens (tertiary/aromatic N) is 4. The summed E-state index contributed by atoms with van der Waals surface area (Å²) in [7, 11) is -2.21. The Balaban J connectivity index is -0.000000585. The number of hydrogen-bond acceptors (Lipinski definition) is 6. The van der Waals surface area contributed by atoms with Gasteiger partial charge in [-0.25, -0.2) is 0 Å². The first-order valence-electron chi connectivity index (χ1n) is 17.8. The summed E-state index contributed by atoms with van der Waals surface area (Å²) in [5.41, 5.74) is 4.97. The number of aromatic nitrogens is 3. The quantitative estimate of drug-likeness (QED) is 0.159. The number of benzene rings is 3. The molecule has 0 saturated carbocycles. The van der Waals surface area contributed by atoms with Crippen molar-refractivity contribution in [1.29, 1.82) is 0 Å². The van der Waals surface area contributed by atoms with E-state index in [0.717, 1.165) is 33.4 Å². The zero-order chi connectivity index (χ0) is 41.0. The zero-order valence-corrected chi connectivity index (χ0v) is 45.9. The molecule has 0 amide bonds. The van der Waals surface area contributed by atoms with Crippen LogP contribution < -0.4 is 15.3 Å². The van der Waals surface area contributed by atoms with E-state index in [-0.39, 0.29) is 71.8 Å². The van der Waals surface area contributed by atoms with Crippen molar-refractivity contribution in [2.45, 2.75) is 80.8 Å². The Morgan fingerprint density at radius 2 is 0.518 bits per heavy atom. The second-order valence-corrected chi connectivity index (χ2v) is 23.8. The number of aryl methyl sites for hydroxylation is 6. The molecular formula is C45H60Cd2N4O3Si2. The molecule has 0 radical (unpaired) electrons. The van der Waals surface area contributed by atoms with E-state index in [9.17, 15) is 15.3 Å². The van der Waals surface area contributed by atoms with Gasteiger partial charge in [-0.05, 0) is 77.9 Å². The fourth-order valence-corrected chi connectivity index (χ4v) is 12.4. The smallest absolute Gasteiger partial charge is 0.872 e. The topological polar surface area (TPSA) is 122 Å². The van der Waals surface area contributed by atoms with E-state index in [4.69, 9.17) is 4.65 Å². The fraction of sp³-hybridized carbons (Fsp3) is 0.267. The first-order chi connectivity index (χ1) is 25.4. The summed E-state index contributed by atoms with van der Waals surface area (Å²) in [5, 5.41) is 32.9. The third-order valence-electron chi connectivity index (χ3n) is 6.60. The van der Waals surface area contributed by atoms with Crippen LogP contribution in [0, 0.1) is 41.5 Å². The van der Waals surface area contributed by atoms with Gasteiger partial charge < -0.3 is 20.0 Å². The van der Waals surface area contributed by atoms with Gasteiger partial charge in [0, 0.05) is 37.2 Å². The molecule has 0 fully saturated rings. The number of hydrogen-bond donors (Lipinski definition) is 0. The molecule has 3 aromatic carbocycles. The standard InChI is InChI=1S/3C8H10O.C6H18NSi2.3C5H5N.2Cd/c3*1-6-4-3-5-7(2)8(6)9;1-8(2,3)7-9(4,5)6;3*1-2-4-6-5-3-1;;/h3*3-5,9H,1-2H3;1-6H3;3*1-5H;;/q;;;-1;;;;2*+2/p-3. The number of para-hydroxylation sites is 3. The maximum absolute atomic E-state index is 11.0. The minimum absolute atomic E-state index is 0. The molecule has 11 heteroatoms. The second-order valence-electron chi connectivity index (χ2n) is 14.2. The average Bonchev–Trinajstić information content (AvgIpc) is 3.14. The monoisotopic (exact) mass is 988 g/mol. The van der Waals surface area contributed by atoms with Gasteiger partial charge in [0.05, 0.1) is 0 Å². The van der Waals surface area contributed by atoms with Crippen LogP contribution >= 0.6 is 0 Å². The summed E-state index contributed by atoms with van der Waals surface area (Å²) in [5.74, 6) is 0.493. The first-order valence-corrected chi connectivity index (χ1v) is 24.7. The van der Waals surface area contributed by atoms with Gasteiger partial charge in [-0.15, -0.1) is 17.2 Å². The Labute approximate surface area is 380 Å². The van der Waals surface area contributed by atoms with Crippen LogP contribution in [0.4, 0.5) is 0 Å². The number of pyridine rings is 3. The Morgan fingerprint density at radius 1 is 0.339 bits per heavy atom. The van der Waals surface area contributed by atoms with E-state index in [1.165, 1.54) is 0 Å². The van der Waals surface area contributed by atoms with Crippen molar-refractivity contribution in [2.24, 2.45) is 0 Å². The molecule has 0 aliphatic heterocycles. The molecule has 7 nitrogen and oxygen atoms in total. The van der Waals surface area contributed by atoms with Crippen molar-refractivity contribution in [3.8, 4) is 17.2 Å². The van der Waals surface area contributed by atoms with E-state index in [0.29, 0.717) is 0 Å². The Bertz CT molecular complexity index is 1470. The first kappa shape index (κ1) is 57.1. The van der Waals surface area contributed by atoms with Gasteiger partial charge in [-0.1, -0.05) is 162 Å². The van der Waals surface area contributed by atoms with Crippen LogP contribution in [0.1, 0.15) is 33.4 Å². The van der Waals surface area contributed by atoms with Gasteiger partial charge in [0.15, 0.2) is 0 Å². The van der Waals surface area contributed by atoms with E-state index in [2.05, 4.69) is 54.2 Å². The van der Waals surface area contributed by atoms with Gasteiger partial charge in [0.2, 0.25) is 0 Å². The summed E-state index contributed by atoms with van der Waals surface area (Å²) < 4.78 is 4.82. The summed E-state index contributed by atoms with van der Waals surface area (Å²) in [6.07, 6.45) is 10.5. The van der Waals surface area contributed by atoms with Crippen LogP contribution in [0.25, 0.3) is 4.65 Å². The molecule has 0 unspecified atom stereocenters. The summed E-state index contributed by atoms with van der Waals surface area (Å²) in [6, 6.07) is 33.8. The molecule has 0 bridgehead atoms. The minimum Gasteiger partial charge on any atom is -0.872 e. The summed E-state index contributed by atoms with van der Waals surface area (Å²) in [6.45, 7) is 24.8. The fourth-order valence-electron chi connectivity index (χ4n) is 4.34. The minimum atomic E-state index is -1.11. The Hall–Kier alpha value is -3.25. The zero-order valence-electron chi connectivity index (χ0n) is 35.8. The molecule has 0 saturated heterocycles. The molecule has 0 aliphatic rings. The van der Waals surface area contributed by atoms with E-state index in [1.807, 2.05) is 151 Å². The molecule has 6 rings (SSSR count). The van der Waals surface area contributed by atoms with Gasteiger partial charge >= 0.3 is 54.6 Å². The van der Waals surface area contributed by atoms with Gasteiger partial charge in [0.25, 0.3) is 0 Å². The van der Waals surface area contributed by atoms with Crippen molar-refractivity contribution in [3.63, 3.8) is 0 Å². The van der Waals surface area contributed by atoms with Crippen LogP contribution in [0.2, 0.25) is 39.3 Å². The number of rotatable bonds is 2. The van der Waals surface area contributed by atoms with Crippen LogP contribution in [0.15, 0.2) is 146 Å². The Morgan fingerprint density at radius 3 is 0.589 bits per heavy atom. The van der Waals surface area contributed by atoms with Crippen LogP contribution in [0.5, 0.6) is 17.2 Å². The third-order valence-corrected chi connectivity index (χ3v) is 12.0. The largest absolute Gasteiger partial charge is 2.00 e. The molecule has 0 aliphatic carbocycles. The second kappa shape index (κ2) is 32.8. The molecule has 0 spiro atoms. The third kappa shape index (κ3) is 31.9. The van der Waals surface area contributed by atoms with E-state index < -0.39 is 16.5 Å². The summed E-state index contributed by atoms with van der Waals surface area (Å²) >= 11 is 0. The maximum Gasteiger partial charge on any atom is 2.00 e. The van der Waals surface area contributed by atoms with Gasteiger partial charge in [-0.3, -0.25) is 15.0 Å². The summed E-state index contributed by atoms with van der Waals surface area (Å²) in [4.78, 5) is 11.4. The molecule has 3 heterocycles. The van der Waals surface area contributed by atoms with Crippen molar-refractivity contribution in [2.75, 3.05) is 0 Å². The SMILES string of the molecule is C[Si](C)(C)[N-][Si](C)(C)C.Cc1cccc(C)c1[O-].Cc1cccc(C)c1[O-].Cc1cccc(C)c1[O-].[Cd+2].[Cd+2].c1ccncc1.c1ccncc1.c1ccncc1. The van der Waals surface area contributed by atoms with Gasteiger partial charge in [-0.2, -0.15) is 0 Å². The predicted octanol–water partition coefficient (Wildman–Crippen LogP) is 10.4. The van der Waals surface area contributed by atoms with Crippen molar-refractivity contribution < 1.29 is 69.9 Å². The Kier molecular flexibility index (Phi) is 33.4. The normalized spacial score (nSPS) is 9.43. The maximum atomic E-state index is 11.0. The van der Waals surface area contributed by atoms with Crippen molar-refractivity contribution in [3.05, 3.63) is 184 Å². The molecular weight excluding hydrogens is 926 g/mol. The molecule has 56 heavy (non-hydrogen) atoms. The molecule has 3 aromatic heterocycles. The van der Waals surface area contributed by atoms with Crippen molar-refractivity contribution in [1.82, 2.24) is 15.0 Å². The van der Waals surface area contributed by atoms with Gasteiger partial charge in [0.1, 0.15) is 0 Å².